The molecule has 1 aliphatic heterocycles. The monoisotopic (exact) mass is 258 g/mol. The number of ether oxygens (including phenoxy) is 1. The van der Waals surface area contributed by atoms with Gasteiger partial charge in [-0.3, -0.25) is 0 Å². The third-order valence-electron chi connectivity index (χ3n) is 4.08. The highest BCUT2D eigenvalue weighted by Gasteiger charge is 2.43. The molecule has 3 heteroatoms. The van der Waals surface area contributed by atoms with Crippen LogP contribution < -0.4 is 0 Å². The van der Waals surface area contributed by atoms with E-state index in [0.717, 1.165) is 11.6 Å². The predicted molar refractivity (Wildman–Crippen MR) is 79.7 cm³/mol. The Morgan fingerprint density at radius 1 is 1.06 bits per heavy atom. The molecule has 0 radical (unpaired) electrons. The van der Waals surface area contributed by atoms with Crippen molar-refractivity contribution in [1.29, 1.82) is 0 Å². The molecule has 0 bridgehead atoms. The molecule has 3 atom stereocenters. The molecule has 2 rings (SSSR count). The van der Waals surface area contributed by atoms with E-state index in [1.807, 2.05) is 0 Å². The van der Waals surface area contributed by atoms with E-state index in [-0.39, 0.29) is 20.5 Å². The summed E-state index contributed by atoms with van der Waals surface area (Å²) in [6.45, 7) is 2.29. The maximum absolute atomic E-state index is 5.59. The van der Waals surface area contributed by atoms with E-state index in [2.05, 4.69) is 6.92 Å². The summed E-state index contributed by atoms with van der Waals surface area (Å²) in [4.78, 5) is 0. The fourth-order valence-electron chi connectivity index (χ4n) is 2.96. The van der Waals surface area contributed by atoms with E-state index in [1.54, 1.807) is 6.04 Å². The Hall–Kier alpha value is 0.394. The Balaban J connectivity index is 0.00000128. The normalized spacial score (nSPS) is 32.4. The third-order valence-corrected chi connectivity index (χ3v) is 6.54. The highest BCUT2D eigenvalue weighted by Crippen LogP contribution is 2.42. The lowest BCUT2D eigenvalue weighted by Crippen LogP contribution is -2.13. The molecule has 0 aromatic rings. The van der Waals surface area contributed by atoms with Crippen LogP contribution in [0, 0.1) is 0 Å². The zero-order valence-corrected chi connectivity index (χ0v) is 11.6. The molecular weight excluding hydrogens is 228 g/mol. The molecule has 0 aromatic carbocycles. The van der Waals surface area contributed by atoms with E-state index in [0.29, 0.717) is 6.10 Å². The molecule has 1 saturated heterocycles. The summed E-state index contributed by atoms with van der Waals surface area (Å²) in [5, 5.41) is 0. The second-order valence-electron chi connectivity index (χ2n) is 5.45. The molecule has 16 heavy (non-hydrogen) atoms. The van der Waals surface area contributed by atoms with Crippen LogP contribution in [0.2, 0.25) is 11.6 Å². The highest BCUT2D eigenvalue weighted by molar-refractivity contribution is 6.37. The fraction of sp³-hybridized carbons (Fsp3) is 1.00. The van der Waals surface area contributed by atoms with Gasteiger partial charge in [-0.05, 0) is 29.3 Å². The summed E-state index contributed by atoms with van der Waals surface area (Å²) in [7, 11) is 0.246. The van der Waals surface area contributed by atoms with Crippen molar-refractivity contribution in [2.24, 2.45) is 0 Å². The standard InChI is InChI=1S/C13H26OSi.H4Si/c1-2-3-4-5-6-9-15-11-7-8-12-13(10-11)14-12;/h11-13H,2-10,15H2,1H3;1H4. The third kappa shape index (κ3) is 4.72. The Morgan fingerprint density at radius 3 is 2.62 bits per heavy atom. The van der Waals surface area contributed by atoms with E-state index < -0.39 is 0 Å². The van der Waals surface area contributed by atoms with Crippen LogP contribution in [0.15, 0.2) is 0 Å². The summed E-state index contributed by atoms with van der Waals surface area (Å²) in [5.41, 5.74) is 1.14. The molecule has 1 heterocycles. The van der Waals surface area contributed by atoms with Gasteiger partial charge in [-0.2, -0.15) is 0 Å². The first kappa shape index (κ1) is 14.5. The molecule has 96 valence electrons. The summed E-state index contributed by atoms with van der Waals surface area (Å²) in [6, 6.07) is 1.60. The van der Waals surface area contributed by atoms with Crippen LogP contribution in [0.3, 0.4) is 0 Å². The van der Waals surface area contributed by atoms with E-state index in [9.17, 15) is 0 Å². The van der Waals surface area contributed by atoms with Gasteiger partial charge in [0.15, 0.2) is 0 Å². The maximum Gasteiger partial charge on any atom is 0.0841 e. The SMILES string of the molecule is CCCCCCC[SiH2]C1CCC2OC2C1.[SiH4]. The number of hydrogen-bond acceptors (Lipinski definition) is 1. The van der Waals surface area contributed by atoms with Gasteiger partial charge >= 0.3 is 0 Å². The van der Waals surface area contributed by atoms with Crippen LogP contribution >= 0.6 is 0 Å². The van der Waals surface area contributed by atoms with Crippen molar-refractivity contribution in [1.82, 2.24) is 0 Å². The maximum atomic E-state index is 5.59. The molecule has 1 saturated carbocycles. The minimum Gasteiger partial charge on any atom is -0.370 e. The molecule has 2 aliphatic rings. The highest BCUT2D eigenvalue weighted by atomic mass is 28.2. The lowest BCUT2D eigenvalue weighted by molar-refractivity contribution is 0.373. The number of unbranched alkanes of at least 4 members (excludes halogenated alkanes) is 4. The van der Waals surface area contributed by atoms with Gasteiger partial charge in [-0.1, -0.05) is 51.5 Å². The van der Waals surface area contributed by atoms with Crippen molar-refractivity contribution in [2.75, 3.05) is 0 Å². The van der Waals surface area contributed by atoms with Crippen molar-refractivity contribution in [3.63, 3.8) is 0 Å². The second kappa shape index (κ2) is 7.67. The minimum atomic E-state index is 0. The molecular formula is C13H30OSi2. The largest absolute Gasteiger partial charge is 0.370 e. The van der Waals surface area contributed by atoms with Gasteiger partial charge in [0, 0.05) is 9.52 Å². The Kier molecular flexibility index (Phi) is 6.93. The van der Waals surface area contributed by atoms with Crippen molar-refractivity contribution in [3.8, 4) is 0 Å². The number of epoxide rings is 1. The average Bonchev–Trinajstić information content (AvgIpc) is 3.01. The zero-order valence-electron chi connectivity index (χ0n) is 10.2. The summed E-state index contributed by atoms with van der Waals surface area (Å²) >= 11 is 0. The van der Waals surface area contributed by atoms with Gasteiger partial charge in [0.2, 0.25) is 0 Å². The number of rotatable bonds is 7. The van der Waals surface area contributed by atoms with Crippen LogP contribution in [-0.4, -0.2) is 32.7 Å². The molecule has 1 aliphatic carbocycles. The fourth-order valence-corrected chi connectivity index (χ4v) is 5.27. The van der Waals surface area contributed by atoms with Crippen molar-refractivity contribution < 1.29 is 4.74 Å². The van der Waals surface area contributed by atoms with Crippen LogP contribution in [0.4, 0.5) is 0 Å². The average molecular weight is 259 g/mol. The Bertz CT molecular complexity index is 187. The zero-order chi connectivity index (χ0) is 10.5. The topological polar surface area (TPSA) is 12.5 Å². The van der Waals surface area contributed by atoms with Gasteiger partial charge < -0.3 is 4.74 Å². The molecule has 0 N–H and O–H groups in total. The number of hydrogen-bond donors (Lipinski definition) is 0. The first-order valence-corrected chi connectivity index (χ1v) is 8.87. The smallest absolute Gasteiger partial charge is 0.0841 e. The van der Waals surface area contributed by atoms with Crippen LogP contribution in [0.25, 0.3) is 0 Å². The summed E-state index contributed by atoms with van der Waals surface area (Å²) in [6.07, 6.45) is 13.1. The van der Waals surface area contributed by atoms with E-state index in [4.69, 9.17) is 4.74 Å². The van der Waals surface area contributed by atoms with E-state index >= 15 is 0 Å². The molecule has 3 unspecified atom stereocenters. The molecule has 0 aromatic heterocycles. The lowest BCUT2D eigenvalue weighted by Gasteiger charge is -2.17. The van der Waals surface area contributed by atoms with Gasteiger partial charge in [-0.15, -0.1) is 0 Å². The van der Waals surface area contributed by atoms with Crippen LogP contribution in [-0.2, 0) is 4.74 Å². The predicted octanol–water partition coefficient (Wildman–Crippen LogP) is 1.83. The minimum absolute atomic E-state index is 0. The van der Waals surface area contributed by atoms with Gasteiger partial charge in [0.05, 0.1) is 12.2 Å². The quantitative estimate of drug-likeness (QED) is 0.386. The van der Waals surface area contributed by atoms with Crippen molar-refractivity contribution in [2.45, 2.75) is 82.1 Å². The molecule has 0 amide bonds. The lowest BCUT2D eigenvalue weighted by atomic mass is 10.0. The van der Waals surface area contributed by atoms with Gasteiger partial charge in [0.25, 0.3) is 0 Å². The molecule has 2 fully saturated rings. The Morgan fingerprint density at radius 2 is 1.88 bits per heavy atom. The molecule has 1 nitrogen and oxygen atoms in total. The molecule has 0 spiro atoms. The van der Waals surface area contributed by atoms with Gasteiger partial charge in [0.1, 0.15) is 0 Å². The number of fused-ring (bicyclic) bond motifs is 1. The first-order chi connectivity index (χ1) is 7.40. The van der Waals surface area contributed by atoms with E-state index in [1.165, 1.54) is 51.4 Å². The second-order valence-corrected chi connectivity index (χ2v) is 7.89. The van der Waals surface area contributed by atoms with Crippen molar-refractivity contribution >= 4 is 20.5 Å². The first-order valence-electron chi connectivity index (χ1n) is 7.05. The Labute approximate surface area is 108 Å². The van der Waals surface area contributed by atoms with Crippen LogP contribution in [0.5, 0.6) is 0 Å². The summed E-state index contributed by atoms with van der Waals surface area (Å²) in [5.74, 6) is 0. The summed E-state index contributed by atoms with van der Waals surface area (Å²) < 4.78 is 5.59. The van der Waals surface area contributed by atoms with Crippen LogP contribution in [0.1, 0.15) is 58.3 Å². The van der Waals surface area contributed by atoms with Crippen molar-refractivity contribution in [3.05, 3.63) is 0 Å². The van der Waals surface area contributed by atoms with Gasteiger partial charge in [-0.25, -0.2) is 0 Å².